The third-order valence-electron chi connectivity index (χ3n) is 2.96. The second-order valence-corrected chi connectivity index (χ2v) is 4.48. The van der Waals surface area contributed by atoms with Crippen LogP contribution in [0.4, 0.5) is 0 Å². The first-order valence-corrected chi connectivity index (χ1v) is 5.87. The molecule has 0 N–H and O–H groups in total. The number of benzene rings is 1. The summed E-state index contributed by atoms with van der Waals surface area (Å²) in [4.78, 5) is 14.0. The van der Waals surface area contributed by atoms with Gasteiger partial charge in [0.15, 0.2) is 5.78 Å². The summed E-state index contributed by atoms with van der Waals surface area (Å²) in [5, 5.41) is 0. The SMILES string of the molecule is CCc1ccc(C(=O)CN(C)C(C)C)cc1. The number of hydrogen-bond donors (Lipinski definition) is 0. The molecule has 1 rings (SSSR count). The molecule has 16 heavy (non-hydrogen) atoms. The Balaban J connectivity index is 2.66. The van der Waals surface area contributed by atoms with Crippen LogP contribution in [0.1, 0.15) is 36.7 Å². The van der Waals surface area contributed by atoms with Crippen molar-refractivity contribution in [3.8, 4) is 0 Å². The topological polar surface area (TPSA) is 20.3 Å². The van der Waals surface area contributed by atoms with E-state index in [1.807, 2.05) is 31.3 Å². The van der Waals surface area contributed by atoms with Gasteiger partial charge >= 0.3 is 0 Å². The molecule has 0 bridgehead atoms. The van der Waals surface area contributed by atoms with Crippen molar-refractivity contribution in [1.29, 1.82) is 0 Å². The van der Waals surface area contributed by atoms with Crippen molar-refractivity contribution in [1.82, 2.24) is 4.90 Å². The summed E-state index contributed by atoms with van der Waals surface area (Å²) < 4.78 is 0. The van der Waals surface area contributed by atoms with E-state index in [-0.39, 0.29) is 5.78 Å². The summed E-state index contributed by atoms with van der Waals surface area (Å²) in [5.41, 5.74) is 2.08. The summed E-state index contributed by atoms with van der Waals surface area (Å²) in [7, 11) is 1.98. The Morgan fingerprint density at radius 1 is 1.25 bits per heavy atom. The van der Waals surface area contributed by atoms with Crippen molar-refractivity contribution in [2.45, 2.75) is 33.2 Å². The van der Waals surface area contributed by atoms with E-state index in [2.05, 4.69) is 25.7 Å². The zero-order valence-electron chi connectivity index (χ0n) is 10.7. The van der Waals surface area contributed by atoms with Gasteiger partial charge in [0.25, 0.3) is 0 Å². The number of ketones is 1. The maximum absolute atomic E-state index is 11.9. The van der Waals surface area contributed by atoms with Crippen molar-refractivity contribution < 1.29 is 4.79 Å². The zero-order valence-corrected chi connectivity index (χ0v) is 10.7. The Morgan fingerprint density at radius 2 is 1.81 bits per heavy atom. The molecule has 0 atom stereocenters. The van der Waals surface area contributed by atoms with Crippen molar-refractivity contribution >= 4 is 5.78 Å². The molecule has 88 valence electrons. The Labute approximate surface area is 98.3 Å². The summed E-state index contributed by atoms with van der Waals surface area (Å²) in [6, 6.07) is 8.31. The van der Waals surface area contributed by atoms with Crippen molar-refractivity contribution in [2.24, 2.45) is 0 Å². The van der Waals surface area contributed by atoms with Gasteiger partial charge in [-0.05, 0) is 32.9 Å². The smallest absolute Gasteiger partial charge is 0.176 e. The first-order chi connectivity index (χ1) is 7.54. The van der Waals surface area contributed by atoms with Gasteiger partial charge in [-0.3, -0.25) is 9.69 Å². The van der Waals surface area contributed by atoms with E-state index in [1.54, 1.807) is 0 Å². The van der Waals surface area contributed by atoms with E-state index in [9.17, 15) is 4.79 Å². The maximum Gasteiger partial charge on any atom is 0.176 e. The van der Waals surface area contributed by atoms with Crippen molar-refractivity contribution in [3.05, 3.63) is 35.4 Å². The van der Waals surface area contributed by atoms with Crippen molar-refractivity contribution in [3.63, 3.8) is 0 Å². The first kappa shape index (κ1) is 12.9. The van der Waals surface area contributed by atoms with Gasteiger partial charge in [-0.25, -0.2) is 0 Å². The van der Waals surface area contributed by atoms with E-state index in [4.69, 9.17) is 0 Å². The number of carbonyl (C=O) groups excluding carboxylic acids is 1. The number of hydrogen-bond acceptors (Lipinski definition) is 2. The number of aryl methyl sites for hydroxylation is 1. The Kier molecular flexibility index (Phi) is 4.69. The van der Waals surface area contributed by atoms with Crippen LogP contribution < -0.4 is 0 Å². The second kappa shape index (κ2) is 5.80. The monoisotopic (exact) mass is 219 g/mol. The minimum Gasteiger partial charge on any atom is -0.296 e. The van der Waals surface area contributed by atoms with Gasteiger partial charge in [0.05, 0.1) is 6.54 Å². The normalized spacial score (nSPS) is 11.1. The van der Waals surface area contributed by atoms with Gasteiger partial charge in [0.2, 0.25) is 0 Å². The van der Waals surface area contributed by atoms with E-state index in [0.717, 1.165) is 12.0 Å². The molecule has 2 nitrogen and oxygen atoms in total. The van der Waals surface area contributed by atoms with Gasteiger partial charge in [0.1, 0.15) is 0 Å². The average Bonchev–Trinajstić information content (AvgIpc) is 2.28. The molecule has 0 aromatic heterocycles. The molecule has 0 saturated carbocycles. The third-order valence-corrected chi connectivity index (χ3v) is 2.96. The zero-order chi connectivity index (χ0) is 12.1. The highest BCUT2D eigenvalue weighted by molar-refractivity contribution is 5.97. The molecule has 1 aromatic rings. The fourth-order valence-corrected chi connectivity index (χ4v) is 1.43. The molecule has 0 radical (unpaired) electrons. The van der Waals surface area contributed by atoms with Gasteiger partial charge in [-0.2, -0.15) is 0 Å². The molecule has 0 heterocycles. The molecule has 0 saturated heterocycles. The van der Waals surface area contributed by atoms with E-state index in [1.165, 1.54) is 5.56 Å². The predicted molar refractivity (Wildman–Crippen MR) is 67.9 cm³/mol. The molecule has 0 aliphatic heterocycles. The molecule has 0 aliphatic rings. The van der Waals surface area contributed by atoms with Crippen LogP contribution in [0.15, 0.2) is 24.3 Å². The lowest BCUT2D eigenvalue weighted by atomic mass is 10.1. The number of carbonyl (C=O) groups is 1. The lowest BCUT2D eigenvalue weighted by molar-refractivity contribution is 0.0929. The van der Waals surface area contributed by atoms with Gasteiger partial charge in [0, 0.05) is 11.6 Å². The third kappa shape index (κ3) is 3.46. The largest absolute Gasteiger partial charge is 0.296 e. The predicted octanol–water partition coefficient (Wildman–Crippen LogP) is 2.77. The highest BCUT2D eigenvalue weighted by atomic mass is 16.1. The van der Waals surface area contributed by atoms with Crippen LogP contribution in [0.3, 0.4) is 0 Å². The van der Waals surface area contributed by atoms with Crippen LogP contribution in [-0.2, 0) is 6.42 Å². The van der Waals surface area contributed by atoms with Crippen LogP contribution in [0, 0.1) is 0 Å². The number of nitrogens with zero attached hydrogens (tertiary/aromatic N) is 1. The number of likely N-dealkylation sites (N-methyl/N-ethyl adjacent to an activating group) is 1. The summed E-state index contributed by atoms with van der Waals surface area (Å²) in [6.45, 7) is 6.79. The fraction of sp³-hybridized carbons (Fsp3) is 0.500. The van der Waals surface area contributed by atoms with Crippen LogP contribution in [0.2, 0.25) is 0 Å². The lowest BCUT2D eigenvalue weighted by Crippen LogP contribution is -2.31. The fourth-order valence-electron chi connectivity index (χ4n) is 1.43. The molecule has 0 spiro atoms. The number of rotatable bonds is 5. The Morgan fingerprint density at radius 3 is 2.25 bits per heavy atom. The van der Waals surface area contributed by atoms with Crippen molar-refractivity contribution in [2.75, 3.05) is 13.6 Å². The van der Waals surface area contributed by atoms with Crippen LogP contribution in [0.25, 0.3) is 0 Å². The molecule has 1 aromatic carbocycles. The highest BCUT2D eigenvalue weighted by Gasteiger charge is 2.11. The summed E-state index contributed by atoms with van der Waals surface area (Å²) >= 11 is 0. The second-order valence-electron chi connectivity index (χ2n) is 4.48. The van der Waals surface area contributed by atoms with Crippen LogP contribution >= 0.6 is 0 Å². The summed E-state index contributed by atoms with van der Waals surface area (Å²) in [6.07, 6.45) is 1.01. The molecule has 0 aliphatic carbocycles. The molecular formula is C14H21NO. The van der Waals surface area contributed by atoms with Gasteiger partial charge < -0.3 is 0 Å². The molecular weight excluding hydrogens is 198 g/mol. The van der Waals surface area contributed by atoms with E-state index >= 15 is 0 Å². The van der Waals surface area contributed by atoms with Gasteiger partial charge in [-0.1, -0.05) is 31.2 Å². The Hall–Kier alpha value is -1.15. The highest BCUT2D eigenvalue weighted by Crippen LogP contribution is 2.07. The molecule has 0 unspecified atom stereocenters. The van der Waals surface area contributed by atoms with Crippen LogP contribution in [0.5, 0.6) is 0 Å². The summed E-state index contributed by atoms with van der Waals surface area (Å²) in [5.74, 6) is 0.193. The number of Topliss-reactive ketones (excluding diaryl/α,β-unsaturated/α-hetero) is 1. The quantitative estimate of drug-likeness (QED) is 0.710. The minimum absolute atomic E-state index is 0.193. The van der Waals surface area contributed by atoms with E-state index in [0.29, 0.717) is 12.6 Å². The molecule has 0 fully saturated rings. The Bertz CT molecular complexity index is 340. The maximum atomic E-state index is 11.9. The lowest BCUT2D eigenvalue weighted by Gasteiger charge is -2.19. The first-order valence-electron chi connectivity index (χ1n) is 5.87. The van der Waals surface area contributed by atoms with Gasteiger partial charge in [-0.15, -0.1) is 0 Å². The minimum atomic E-state index is 0.193. The molecule has 2 heteroatoms. The van der Waals surface area contributed by atoms with E-state index < -0.39 is 0 Å². The standard InChI is InChI=1S/C14H21NO/c1-5-12-6-8-13(9-7-12)14(16)10-15(4)11(2)3/h6-9,11H,5,10H2,1-4H3. The molecule has 0 amide bonds. The van der Waals surface area contributed by atoms with Crippen LogP contribution in [-0.4, -0.2) is 30.3 Å². The average molecular weight is 219 g/mol.